The Bertz CT molecular complexity index is 1190. The molecule has 2 amide bonds. The second-order valence-electron chi connectivity index (χ2n) is 8.05. The molecule has 0 saturated heterocycles. The number of esters is 1. The molecule has 0 radical (unpaired) electrons. The third-order valence-electron chi connectivity index (χ3n) is 5.54. The molecule has 3 aromatic carbocycles. The molecule has 174 valence electrons. The maximum Gasteiger partial charge on any atom is 0.339 e. The van der Waals surface area contributed by atoms with E-state index in [0.29, 0.717) is 17.0 Å². The fourth-order valence-corrected chi connectivity index (χ4v) is 4.65. The lowest BCUT2D eigenvalue weighted by atomic mass is 10.0. The van der Waals surface area contributed by atoms with E-state index in [0.717, 1.165) is 35.3 Å². The average Bonchev–Trinajstić information content (AvgIpc) is 2.87. The van der Waals surface area contributed by atoms with Crippen molar-refractivity contribution in [2.45, 2.75) is 24.7 Å². The van der Waals surface area contributed by atoms with Crippen LogP contribution in [0.3, 0.4) is 0 Å². The highest BCUT2D eigenvalue weighted by Gasteiger charge is 2.24. The van der Waals surface area contributed by atoms with E-state index >= 15 is 0 Å². The lowest BCUT2D eigenvalue weighted by Gasteiger charge is -2.29. The Hall–Kier alpha value is -3.58. The highest BCUT2D eigenvalue weighted by molar-refractivity contribution is 8.00. The van der Waals surface area contributed by atoms with Crippen LogP contribution in [-0.2, 0) is 20.7 Å². The molecule has 1 heterocycles. The molecular formula is C27H26N2O4S. The molecule has 1 aliphatic heterocycles. The van der Waals surface area contributed by atoms with Gasteiger partial charge in [0.1, 0.15) is 0 Å². The van der Waals surface area contributed by atoms with E-state index in [-0.39, 0.29) is 24.2 Å². The third-order valence-corrected chi connectivity index (χ3v) is 6.61. The van der Waals surface area contributed by atoms with Crippen LogP contribution in [0.15, 0.2) is 77.7 Å². The zero-order valence-electron chi connectivity index (χ0n) is 19.0. The van der Waals surface area contributed by atoms with Crippen LogP contribution in [0.2, 0.25) is 0 Å². The zero-order valence-corrected chi connectivity index (χ0v) is 19.8. The maximum absolute atomic E-state index is 12.8. The summed E-state index contributed by atoms with van der Waals surface area (Å²) in [4.78, 5) is 40.2. The van der Waals surface area contributed by atoms with Gasteiger partial charge in [-0.3, -0.25) is 9.59 Å². The summed E-state index contributed by atoms with van der Waals surface area (Å²) < 4.78 is 5.37. The van der Waals surface area contributed by atoms with Gasteiger partial charge < -0.3 is 15.0 Å². The van der Waals surface area contributed by atoms with Crippen molar-refractivity contribution in [2.75, 3.05) is 29.1 Å². The first-order valence-electron chi connectivity index (χ1n) is 11.1. The molecule has 0 bridgehead atoms. The Kier molecular flexibility index (Phi) is 7.65. The van der Waals surface area contributed by atoms with Crippen molar-refractivity contribution < 1.29 is 19.1 Å². The number of hydrogen-bond acceptors (Lipinski definition) is 5. The number of ether oxygens (including phenoxy) is 1. The van der Waals surface area contributed by atoms with Crippen molar-refractivity contribution in [1.29, 1.82) is 0 Å². The maximum atomic E-state index is 12.8. The van der Waals surface area contributed by atoms with E-state index in [9.17, 15) is 14.4 Å². The van der Waals surface area contributed by atoms with Crippen molar-refractivity contribution in [3.8, 4) is 0 Å². The number of fused-ring (bicyclic) bond motifs is 1. The van der Waals surface area contributed by atoms with E-state index in [4.69, 9.17) is 4.74 Å². The summed E-state index contributed by atoms with van der Waals surface area (Å²) in [5, 5.41) is 2.85. The summed E-state index contributed by atoms with van der Waals surface area (Å²) in [5.74, 6) is -0.860. The lowest BCUT2D eigenvalue weighted by Crippen LogP contribution is -2.38. The highest BCUT2D eigenvalue weighted by atomic mass is 32.2. The predicted octanol–water partition coefficient (Wildman–Crippen LogP) is 4.86. The minimum atomic E-state index is -0.583. The minimum absolute atomic E-state index is 0.141. The Morgan fingerprint density at radius 3 is 2.53 bits per heavy atom. The number of carbonyl (C=O) groups is 3. The molecule has 4 rings (SSSR count). The molecule has 0 aromatic heterocycles. The summed E-state index contributed by atoms with van der Waals surface area (Å²) in [7, 11) is 0. The molecule has 7 heteroatoms. The molecule has 6 nitrogen and oxygen atoms in total. The number of nitrogens with one attached hydrogen (secondary N) is 1. The van der Waals surface area contributed by atoms with Crippen LogP contribution in [0, 0.1) is 6.92 Å². The highest BCUT2D eigenvalue weighted by Crippen LogP contribution is 2.27. The van der Waals surface area contributed by atoms with Crippen LogP contribution in [0.4, 0.5) is 11.4 Å². The van der Waals surface area contributed by atoms with E-state index < -0.39 is 5.97 Å². The van der Waals surface area contributed by atoms with Gasteiger partial charge in [0.15, 0.2) is 6.61 Å². The molecule has 34 heavy (non-hydrogen) atoms. The topological polar surface area (TPSA) is 75.7 Å². The first-order chi connectivity index (χ1) is 16.5. The van der Waals surface area contributed by atoms with E-state index in [2.05, 4.69) is 5.32 Å². The zero-order chi connectivity index (χ0) is 23.9. The van der Waals surface area contributed by atoms with Crippen LogP contribution in [0.5, 0.6) is 0 Å². The Morgan fingerprint density at radius 2 is 1.71 bits per heavy atom. The minimum Gasteiger partial charge on any atom is -0.452 e. The number of amides is 2. The van der Waals surface area contributed by atoms with Gasteiger partial charge in [0.25, 0.3) is 5.91 Å². The molecule has 0 unspecified atom stereocenters. The first kappa shape index (κ1) is 23.6. The van der Waals surface area contributed by atoms with E-state index in [1.165, 1.54) is 11.8 Å². The molecule has 1 aliphatic rings. The number of benzene rings is 3. The monoisotopic (exact) mass is 474 g/mol. The van der Waals surface area contributed by atoms with Crippen molar-refractivity contribution in [3.05, 3.63) is 89.5 Å². The van der Waals surface area contributed by atoms with Crippen molar-refractivity contribution in [3.63, 3.8) is 0 Å². The SMILES string of the molecule is Cc1ccc(NC(=O)CSc2ccccc2C(=O)OCC(=O)N2CCCc3ccccc32)cc1. The molecular weight excluding hydrogens is 448 g/mol. The van der Waals surface area contributed by atoms with Crippen LogP contribution in [-0.4, -0.2) is 36.7 Å². The average molecular weight is 475 g/mol. The van der Waals surface area contributed by atoms with E-state index in [1.807, 2.05) is 55.5 Å². The second-order valence-corrected chi connectivity index (χ2v) is 9.07. The summed E-state index contributed by atoms with van der Waals surface area (Å²) in [6, 6.07) is 22.3. The summed E-state index contributed by atoms with van der Waals surface area (Å²) in [6.45, 7) is 2.26. The van der Waals surface area contributed by atoms with Crippen LogP contribution >= 0.6 is 11.8 Å². The number of nitrogens with zero attached hydrogens (tertiary/aromatic N) is 1. The van der Waals surface area contributed by atoms with Crippen molar-refractivity contribution >= 4 is 40.9 Å². The molecule has 0 fully saturated rings. The van der Waals surface area contributed by atoms with Gasteiger partial charge in [-0.2, -0.15) is 0 Å². The molecule has 0 aliphatic carbocycles. The third kappa shape index (κ3) is 5.85. The van der Waals surface area contributed by atoms with Gasteiger partial charge in [-0.05, 0) is 55.7 Å². The van der Waals surface area contributed by atoms with Gasteiger partial charge >= 0.3 is 5.97 Å². The van der Waals surface area contributed by atoms with Gasteiger partial charge in [0.05, 0.1) is 11.3 Å². The standard InChI is InChI=1S/C27H26N2O4S/c1-19-12-14-21(15-13-19)28-25(30)18-34-24-11-5-3-9-22(24)27(32)33-17-26(31)29-16-6-8-20-7-2-4-10-23(20)29/h2-5,7,9-15H,6,8,16-18H2,1H3,(H,28,30). The van der Waals surface area contributed by atoms with Crippen LogP contribution < -0.4 is 10.2 Å². The molecule has 0 spiro atoms. The number of carbonyl (C=O) groups excluding carboxylic acids is 3. The fourth-order valence-electron chi connectivity index (χ4n) is 3.81. The largest absolute Gasteiger partial charge is 0.452 e. The number of aryl methyl sites for hydroxylation is 2. The van der Waals surface area contributed by atoms with Gasteiger partial charge in [-0.1, -0.05) is 48.0 Å². The number of hydrogen-bond donors (Lipinski definition) is 1. The lowest BCUT2D eigenvalue weighted by molar-refractivity contribution is -0.121. The predicted molar refractivity (Wildman–Crippen MR) is 134 cm³/mol. The molecule has 0 atom stereocenters. The summed E-state index contributed by atoms with van der Waals surface area (Å²) in [5.41, 5.74) is 4.18. The molecule has 3 aromatic rings. The van der Waals surface area contributed by atoms with Gasteiger partial charge in [-0.15, -0.1) is 11.8 Å². The van der Waals surface area contributed by atoms with Crippen LogP contribution in [0.1, 0.15) is 27.9 Å². The van der Waals surface area contributed by atoms with Crippen molar-refractivity contribution in [1.82, 2.24) is 0 Å². The normalized spacial score (nSPS) is 12.6. The second kappa shape index (κ2) is 11.0. The summed E-state index contributed by atoms with van der Waals surface area (Å²) in [6.07, 6.45) is 1.81. The number of para-hydroxylation sites is 1. The Balaban J connectivity index is 1.34. The number of rotatable bonds is 7. The Morgan fingerprint density at radius 1 is 0.971 bits per heavy atom. The van der Waals surface area contributed by atoms with Gasteiger partial charge in [0.2, 0.25) is 5.91 Å². The number of anilines is 2. The molecule has 0 saturated carbocycles. The van der Waals surface area contributed by atoms with Gasteiger partial charge in [0, 0.05) is 22.8 Å². The van der Waals surface area contributed by atoms with Crippen LogP contribution in [0.25, 0.3) is 0 Å². The smallest absolute Gasteiger partial charge is 0.339 e. The quantitative estimate of drug-likeness (QED) is 0.391. The van der Waals surface area contributed by atoms with E-state index in [1.54, 1.807) is 29.2 Å². The fraction of sp³-hybridized carbons (Fsp3) is 0.222. The summed E-state index contributed by atoms with van der Waals surface area (Å²) >= 11 is 1.25. The molecule has 1 N–H and O–H groups in total. The number of thioether (sulfide) groups is 1. The van der Waals surface area contributed by atoms with Crippen molar-refractivity contribution in [2.24, 2.45) is 0 Å². The first-order valence-corrected chi connectivity index (χ1v) is 12.1. The Labute approximate surface area is 203 Å². The van der Waals surface area contributed by atoms with Gasteiger partial charge in [-0.25, -0.2) is 4.79 Å².